The molecule has 2 heterocycles. The van der Waals surface area contributed by atoms with Gasteiger partial charge in [0.1, 0.15) is 23.2 Å². The van der Waals surface area contributed by atoms with Crippen molar-refractivity contribution in [2.75, 3.05) is 13.1 Å². The van der Waals surface area contributed by atoms with E-state index in [1.807, 2.05) is 38.1 Å². The summed E-state index contributed by atoms with van der Waals surface area (Å²) in [6.45, 7) is 4.78. The summed E-state index contributed by atoms with van der Waals surface area (Å²) in [7, 11) is 0. The van der Waals surface area contributed by atoms with Crippen molar-refractivity contribution in [2.45, 2.75) is 64.1 Å². The normalized spacial score (nSPS) is 16.7. The minimum Gasteiger partial charge on any atom is -0.480 e. The molecule has 9 N–H and O–H groups in total. The largest absolute Gasteiger partial charge is 0.480 e. The Morgan fingerprint density at radius 3 is 2.68 bits per heavy atom. The number of furan rings is 1. The Morgan fingerprint density at radius 1 is 1.24 bits per heavy atom. The lowest BCUT2D eigenvalue weighted by atomic mass is 10.0. The van der Waals surface area contributed by atoms with Gasteiger partial charge in [0.2, 0.25) is 11.8 Å². The standard InChI is InChI=1S/C26H36N6O5/c1-14-6-5-7-19-22(14)15(2)20(37-19)13-18(26(35)36)32-21(33)8-3-4-10-31-25(34)17(27)12-16-9-11-30-23(16)24(28)29/h5-7,9,17-18,23,30H,3-4,8,10-13,27H2,1-2H3,(H3,28,29)(H,31,34)(H,32,33)(H,35,36). The molecule has 11 nitrogen and oxygen atoms in total. The molecule has 0 radical (unpaired) electrons. The van der Waals surface area contributed by atoms with Crippen LogP contribution in [0.1, 0.15) is 42.6 Å². The summed E-state index contributed by atoms with van der Waals surface area (Å²) >= 11 is 0. The summed E-state index contributed by atoms with van der Waals surface area (Å²) in [5.41, 5.74) is 15.0. The summed E-state index contributed by atoms with van der Waals surface area (Å²) < 4.78 is 5.87. The lowest BCUT2D eigenvalue weighted by Crippen LogP contribution is -2.44. The average molecular weight is 513 g/mol. The van der Waals surface area contributed by atoms with E-state index in [2.05, 4.69) is 16.0 Å². The number of carboxylic acids is 1. The van der Waals surface area contributed by atoms with Crippen LogP contribution in [0.25, 0.3) is 11.0 Å². The van der Waals surface area contributed by atoms with Crippen LogP contribution in [-0.4, -0.2) is 59.9 Å². The number of nitrogens with one attached hydrogen (secondary N) is 4. The van der Waals surface area contributed by atoms with E-state index in [0.29, 0.717) is 43.7 Å². The number of amidine groups is 1. The quantitative estimate of drug-likeness (QED) is 0.0892. The van der Waals surface area contributed by atoms with Crippen molar-refractivity contribution in [1.82, 2.24) is 16.0 Å². The van der Waals surface area contributed by atoms with Crippen molar-refractivity contribution >= 4 is 34.6 Å². The number of aliphatic carboxylic acids is 1. The summed E-state index contributed by atoms with van der Waals surface area (Å²) in [6, 6.07) is 3.43. The number of aryl methyl sites for hydroxylation is 2. The maximum absolute atomic E-state index is 12.4. The third-order valence-corrected chi connectivity index (χ3v) is 6.57. The summed E-state index contributed by atoms with van der Waals surface area (Å²) in [6.07, 6.45) is 3.36. The van der Waals surface area contributed by atoms with Gasteiger partial charge in [-0.25, -0.2) is 4.79 Å². The fourth-order valence-corrected chi connectivity index (χ4v) is 4.57. The maximum atomic E-state index is 12.4. The first-order valence-electron chi connectivity index (χ1n) is 12.4. The molecule has 200 valence electrons. The maximum Gasteiger partial charge on any atom is 0.326 e. The molecule has 1 aromatic carbocycles. The molecule has 3 rings (SSSR count). The third kappa shape index (κ3) is 7.17. The number of benzene rings is 1. The van der Waals surface area contributed by atoms with E-state index in [4.69, 9.17) is 21.3 Å². The van der Waals surface area contributed by atoms with Crippen LogP contribution in [0.3, 0.4) is 0 Å². The lowest BCUT2D eigenvalue weighted by molar-refractivity contribution is -0.141. The van der Waals surface area contributed by atoms with Crippen molar-refractivity contribution in [3.63, 3.8) is 0 Å². The molecule has 1 aromatic heterocycles. The zero-order chi connectivity index (χ0) is 27.1. The van der Waals surface area contributed by atoms with Gasteiger partial charge in [-0.2, -0.15) is 0 Å². The molecule has 11 heteroatoms. The number of carbonyl (C=O) groups excluding carboxylic acids is 2. The van der Waals surface area contributed by atoms with Gasteiger partial charge in [-0.1, -0.05) is 18.2 Å². The second-order valence-corrected chi connectivity index (χ2v) is 9.40. The number of amides is 2. The van der Waals surface area contributed by atoms with Gasteiger partial charge in [-0.15, -0.1) is 0 Å². The Kier molecular flexibility index (Phi) is 9.42. The van der Waals surface area contributed by atoms with Gasteiger partial charge in [0.15, 0.2) is 0 Å². The van der Waals surface area contributed by atoms with E-state index in [-0.39, 0.29) is 36.5 Å². The number of nitrogens with two attached hydrogens (primary N) is 2. The van der Waals surface area contributed by atoms with Crippen molar-refractivity contribution in [2.24, 2.45) is 11.5 Å². The molecule has 2 amide bonds. The van der Waals surface area contributed by atoms with E-state index in [9.17, 15) is 19.5 Å². The highest BCUT2D eigenvalue weighted by Gasteiger charge is 2.26. The number of hydrogen-bond donors (Lipinski definition) is 7. The molecule has 2 aromatic rings. The summed E-state index contributed by atoms with van der Waals surface area (Å²) in [4.78, 5) is 36.5. The van der Waals surface area contributed by atoms with Gasteiger partial charge in [-0.3, -0.25) is 15.0 Å². The molecule has 0 spiro atoms. The van der Waals surface area contributed by atoms with Crippen molar-refractivity contribution in [1.29, 1.82) is 5.41 Å². The predicted molar refractivity (Wildman–Crippen MR) is 140 cm³/mol. The first-order valence-corrected chi connectivity index (χ1v) is 12.4. The van der Waals surface area contributed by atoms with Gasteiger partial charge in [0.25, 0.3) is 0 Å². The summed E-state index contributed by atoms with van der Waals surface area (Å²) in [5.74, 6) is -1.30. The predicted octanol–water partition coefficient (Wildman–Crippen LogP) is 1.000. The molecule has 3 unspecified atom stereocenters. The van der Waals surface area contributed by atoms with E-state index < -0.39 is 18.1 Å². The Balaban J connectivity index is 1.40. The van der Waals surface area contributed by atoms with Crippen molar-refractivity contribution in [3.05, 3.63) is 46.7 Å². The van der Waals surface area contributed by atoms with Crippen LogP contribution in [0.2, 0.25) is 0 Å². The van der Waals surface area contributed by atoms with E-state index in [0.717, 1.165) is 22.1 Å². The summed E-state index contributed by atoms with van der Waals surface area (Å²) in [5, 5.41) is 26.6. The molecule has 0 saturated heterocycles. The number of fused-ring (bicyclic) bond motifs is 1. The first-order chi connectivity index (χ1) is 17.6. The zero-order valence-electron chi connectivity index (χ0n) is 21.2. The highest BCUT2D eigenvalue weighted by molar-refractivity contribution is 5.88. The number of carboxylic acid groups (broad SMARTS) is 1. The van der Waals surface area contributed by atoms with Crippen LogP contribution in [0.5, 0.6) is 0 Å². The second kappa shape index (κ2) is 12.5. The molecule has 0 saturated carbocycles. The van der Waals surface area contributed by atoms with Gasteiger partial charge in [0, 0.05) is 31.3 Å². The zero-order valence-corrected chi connectivity index (χ0v) is 21.2. The highest BCUT2D eigenvalue weighted by Crippen LogP contribution is 2.28. The van der Waals surface area contributed by atoms with Gasteiger partial charge < -0.3 is 36.9 Å². The Labute approximate surface area is 215 Å². The van der Waals surface area contributed by atoms with E-state index >= 15 is 0 Å². The molecule has 1 aliphatic heterocycles. The van der Waals surface area contributed by atoms with E-state index in [1.54, 1.807) is 0 Å². The molecule has 0 fully saturated rings. The Morgan fingerprint density at radius 2 is 2.00 bits per heavy atom. The van der Waals surface area contributed by atoms with Crippen molar-refractivity contribution in [3.8, 4) is 0 Å². The minimum absolute atomic E-state index is 0.0115. The fraction of sp³-hybridized carbons (Fsp3) is 0.462. The molecular formula is C26H36N6O5. The minimum atomic E-state index is -1.13. The van der Waals surface area contributed by atoms with Crippen LogP contribution in [-0.2, 0) is 20.8 Å². The lowest BCUT2D eigenvalue weighted by Gasteiger charge is -2.18. The average Bonchev–Trinajstić information content (AvgIpc) is 3.43. The van der Waals surface area contributed by atoms with Crippen LogP contribution in [0, 0.1) is 19.3 Å². The first kappa shape index (κ1) is 27.9. The van der Waals surface area contributed by atoms with Crippen LogP contribution in [0.4, 0.5) is 0 Å². The van der Waals surface area contributed by atoms with Crippen LogP contribution in [0.15, 0.2) is 34.3 Å². The topological polar surface area (TPSA) is 197 Å². The van der Waals surface area contributed by atoms with Crippen LogP contribution < -0.4 is 27.4 Å². The molecule has 3 atom stereocenters. The molecule has 0 bridgehead atoms. The number of unbranched alkanes of at least 4 members (excludes halogenated alkanes) is 1. The molecule has 1 aliphatic rings. The van der Waals surface area contributed by atoms with Gasteiger partial charge in [0.05, 0.1) is 12.1 Å². The second-order valence-electron chi connectivity index (χ2n) is 9.40. The molecular weight excluding hydrogens is 476 g/mol. The van der Waals surface area contributed by atoms with Crippen LogP contribution >= 0.6 is 0 Å². The van der Waals surface area contributed by atoms with Crippen molar-refractivity contribution < 1.29 is 23.9 Å². The van der Waals surface area contributed by atoms with Gasteiger partial charge in [-0.05, 0) is 55.9 Å². The Hall–Kier alpha value is -3.70. The number of rotatable bonds is 13. The highest BCUT2D eigenvalue weighted by atomic mass is 16.4. The van der Waals surface area contributed by atoms with Gasteiger partial charge >= 0.3 is 5.97 Å². The number of hydrogen-bond acceptors (Lipinski definition) is 7. The monoisotopic (exact) mass is 512 g/mol. The molecule has 0 aliphatic carbocycles. The molecule has 37 heavy (non-hydrogen) atoms. The number of carbonyl (C=O) groups is 3. The smallest absolute Gasteiger partial charge is 0.326 e. The fourth-order valence-electron chi connectivity index (χ4n) is 4.57. The third-order valence-electron chi connectivity index (χ3n) is 6.57. The Bertz CT molecular complexity index is 1200. The van der Waals surface area contributed by atoms with E-state index in [1.165, 1.54) is 0 Å². The SMILES string of the molecule is Cc1cccc2oc(CC(NC(=O)CCCCNC(=O)C(N)CC3=CCNC3C(=N)N)C(=O)O)c(C)c12.